The van der Waals surface area contributed by atoms with Crippen LogP contribution in [-0.2, 0) is 10.9 Å². The first-order valence-electron chi connectivity index (χ1n) is 8.97. The van der Waals surface area contributed by atoms with Crippen molar-refractivity contribution in [3.63, 3.8) is 0 Å². The van der Waals surface area contributed by atoms with Gasteiger partial charge in [-0.2, -0.15) is 13.2 Å². The van der Waals surface area contributed by atoms with E-state index < -0.39 is 45.8 Å². The fraction of sp³-hybridized carbons (Fsp3) is 0.611. The van der Waals surface area contributed by atoms with Crippen molar-refractivity contribution in [3.05, 3.63) is 33.9 Å². The second kappa shape index (κ2) is 8.24. The number of alkyl halides is 3. The van der Waals surface area contributed by atoms with Crippen molar-refractivity contribution in [2.24, 2.45) is 0 Å². The SMILES string of the molecule is CC(C)(C)OC(=O)N1CCCC(Nc2c([N+](=O)[O-])cccc2C(F)(F)F)CC1. The van der Waals surface area contributed by atoms with E-state index in [1.165, 1.54) is 4.90 Å². The molecule has 7 nitrogen and oxygen atoms in total. The van der Waals surface area contributed by atoms with Crippen molar-refractivity contribution in [1.29, 1.82) is 0 Å². The zero-order valence-corrected chi connectivity index (χ0v) is 16.0. The topological polar surface area (TPSA) is 84.7 Å². The van der Waals surface area contributed by atoms with E-state index in [9.17, 15) is 28.1 Å². The number of carbonyl (C=O) groups excluding carboxylic acids is 1. The molecule has 0 aliphatic carbocycles. The number of halogens is 3. The van der Waals surface area contributed by atoms with Gasteiger partial charge in [0.2, 0.25) is 0 Å². The molecule has 1 saturated heterocycles. The molecule has 0 saturated carbocycles. The molecule has 0 bridgehead atoms. The number of benzene rings is 1. The second-order valence-corrected chi connectivity index (χ2v) is 7.69. The van der Waals surface area contributed by atoms with Crippen LogP contribution >= 0.6 is 0 Å². The second-order valence-electron chi connectivity index (χ2n) is 7.69. The Morgan fingerprint density at radius 3 is 2.50 bits per heavy atom. The maximum atomic E-state index is 13.3. The first-order chi connectivity index (χ1) is 12.9. The fourth-order valence-corrected chi connectivity index (χ4v) is 3.03. The molecule has 1 fully saturated rings. The van der Waals surface area contributed by atoms with Gasteiger partial charge in [0, 0.05) is 25.2 Å². The van der Waals surface area contributed by atoms with Crippen LogP contribution in [0.15, 0.2) is 18.2 Å². The molecule has 2 rings (SSSR count). The van der Waals surface area contributed by atoms with Crippen molar-refractivity contribution in [2.45, 2.75) is 57.9 Å². The van der Waals surface area contributed by atoms with Crippen LogP contribution in [0.1, 0.15) is 45.6 Å². The Morgan fingerprint density at radius 2 is 1.93 bits per heavy atom. The summed E-state index contributed by atoms with van der Waals surface area (Å²) in [7, 11) is 0. The minimum atomic E-state index is -4.72. The van der Waals surface area contributed by atoms with Gasteiger partial charge in [-0.15, -0.1) is 0 Å². The zero-order chi connectivity index (χ0) is 21.1. The molecule has 0 aromatic heterocycles. The molecule has 1 aliphatic heterocycles. The summed E-state index contributed by atoms with van der Waals surface area (Å²) >= 11 is 0. The number of carbonyl (C=O) groups is 1. The Balaban J connectivity index is 2.17. The molecule has 1 amide bonds. The normalized spacial score (nSPS) is 18.4. The molecule has 28 heavy (non-hydrogen) atoms. The summed E-state index contributed by atoms with van der Waals surface area (Å²) in [5, 5.41) is 13.9. The minimum Gasteiger partial charge on any atom is -0.444 e. The number of likely N-dealkylation sites (tertiary alicyclic amines) is 1. The fourth-order valence-electron chi connectivity index (χ4n) is 3.03. The number of hydrogen-bond donors (Lipinski definition) is 1. The predicted molar refractivity (Wildman–Crippen MR) is 97.2 cm³/mol. The van der Waals surface area contributed by atoms with Gasteiger partial charge < -0.3 is 15.0 Å². The molecule has 1 aromatic rings. The number of nitro groups is 1. The van der Waals surface area contributed by atoms with Gasteiger partial charge in [-0.05, 0) is 46.1 Å². The molecule has 1 N–H and O–H groups in total. The third-order valence-corrected chi connectivity index (χ3v) is 4.27. The van der Waals surface area contributed by atoms with Gasteiger partial charge in [0.1, 0.15) is 11.3 Å². The van der Waals surface area contributed by atoms with E-state index >= 15 is 0 Å². The molecule has 10 heteroatoms. The highest BCUT2D eigenvalue weighted by atomic mass is 19.4. The summed E-state index contributed by atoms with van der Waals surface area (Å²) < 4.78 is 45.3. The first-order valence-corrected chi connectivity index (χ1v) is 8.97. The molecule has 1 atom stereocenters. The summed E-state index contributed by atoms with van der Waals surface area (Å²) in [6, 6.07) is 2.44. The smallest absolute Gasteiger partial charge is 0.418 e. The Kier molecular flexibility index (Phi) is 6.41. The lowest BCUT2D eigenvalue weighted by atomic mass is 10.1. The molecular weight excluding hydrogens is 379 g/mol. The average Bonchev–Trinajstić information content (AvgIpc) is 2.78. The standard InChI is InChI=1S/C18H24F3N3O4/c1-17(2,3)28-16(25)23-10-5-6-12(9-11-23)22-15-13(18(19,20)21)7-4-8-14(15)24(26)27/h4,7-8,12,22H,5-6,9-11H2,1-3H3. The van der Waals surface area contributed by atoms with Gasteiger partial charge >= 0.3 is 12.3 Å². The van der Waals surface area contributed by atoms with Crippen molar-refractivity contribution < 1.29 is 27.6 Å². The summed E-state index contributed by atoms with van der Waals surface area (Å²) in [6.45, 7) is 5.95. The summed E-state index contributed by atoms with van der Waals surface area (Å²) in [4.78, 5) is 24.1. The number of para-hydroxylation sites is 1. The van der Waals surface area contributed by atoms with E-state index in [-0.39, 0.29) is 6.54 Å². The van der Waals surface area contributed by atoms with Crippen LogP contribution in [0.4, 0.5) is 29.3 Å². The number of nitrogens with zero attached hydrogens (tertiary/aromatic N) is 2. The molecule has 0 radical (unpaired) electrons. The van der Waals surface area contributed by atoms with E-state index in [0.717, 1.165) is 18.2 Å². The van der Waals surface area contributed by atoms with Crippen LogP contribution < -0.4 is 5.32 Å². The average molecular weight is 403 g/mol. The van der Waals surface area contributed by atoms with Crippen molar-refractivity contribution in [3.8, 4) is 0 Å². The summed E-state index contributed by atoms with van der Waals surface area (Å²) in [6.07, 6.45) is -3.83. The van der Waals surface area contributed by atoms with Crippen LogP contribution in [0.25, 0.3) is 0 Å². The highest BCUT2D eigenvalue weighted by Gasteiger charge is 2.37. The summed E-state index contributed by atoms with van der Waals surface area (Å²) in [5.41, 5.74) is -2.87. The van der Waals surface area contributed by atoms with Crippen LogP contribution in [-0.4, -0.2) is 40.6 Å². The van der Waals surface area contributed by atoms with Gasteiger partial charge in [-0.1, -0.05) is 6.07 Å². The van der Waals surface area contributed by atoms with E-state index in [0.29, 0.717) is 25.8 Å². The maximum Gasteiger partial charge on any atom is 0.418 e. The summed E-state index contributed by atoms with van der Waals surface area (Å²) in [5.74, 6) is 0. The van der Waals surface area contributed by atoms with Gasteiger partial charge in [0.25, 0.3) is 5.69 Å². The monoisotopic (exact) mass is 403 g/mol. The van der Waals surface area contributed by atoms with E-state index in [1.807, 2.05) is 0 Å². The third-order valence-electron chi connectivity index (χ3n) is 4.27. The lowest BCUT2D eigenvalue weighted by molar-refractivity contribution is -0.384. The molecule has 156 valence electrons. The highest BCUT2D eigenvalue weighted by Crippen LogP contribution is 2.40. The molecule has 0 spiro atoms. The number of nitrogens with one attached hydrogen (secondary N) is 1. The number of ether oxygens (including phenoxy) is 1. The number of anilines is 1. The van der Waals surface area contributed by atoms with E-state index in [1.54, 1.807) is 20.8 Å². The molecule has 1 aliphatic rings. The van der Waals surface area contributed by atoms with Gasteiger partial charge in [-0.3, -0.25) is 10.1 Å². The Labute approximate surface area is 161 Å². The Bertz CT molecular complexity index is 732. The van der Waals surface area contributed by atoms with Crippen molar-refractivity contribution >= 4 is 17.5 Å². The van der Waals surface area contributed by atoms with E-state index in [2.05, 4.69) is 5.32 Å². The Morgan fingerprint density at radius 1 is 1.25 bits per heavy atom. The Hall–Kier alpha value is -2.52. The number of rotatable bonds is 3. The van der Waals surface area contributed by atoms with Crippen LogP contribution in [0.5, 0.6) is 0 Å². The highest BCUT2D eigenvalue weighted by molar-refractivity contribution is 5.69. The number of amides is 1. The van der Waals surface area contributed by atoms with Crippen LogP contribution in [0, 0.1) is 10.1 Å². The minimum absolute atomic E-state index is 0.286. The van der Waals surface area contributed by atoms with Crippen molar-refractivity contribution in [2.75, 3.05) is 18.4 Å². The first kappa shape index (κ1) is 21.8. The molecule has 1 heterocycles. The number of hydrogen-bond acceptors (Lipinski definition) is 5. The molecule has 1 unspecified atom stereocenters. The molecular formula is C18H24F3N3O4. The van der Waals surface area contributed by atoms with E-state index in [4.69, 9.17) is 4.74 Å². The van der Waals surface area contributed by atoms with Gasteiger partial charge in [0.15, 0.2) is 0 Å². The molecule has 1 aromatic carbocycles. The third kappa shape index (κ3) is 5.74. The maximum absolute atomic E-state index is 13.3. The largest absolute Gasteiger partial charge is 0.444 e. The predicted octanol–water partition coefficient (Wildman–Crippen LogP) is 4.82. The van der Waals surface area contributed by atoms with Gasteiger partial charge in [-0.25, -0.2) is 4.79 Å². The zero-order valence-electron chi connectivity index (χ0n) is 16.0. The quantitative estimate of drug-likeness (QED) is 0.578. The van der Waals surface area contributed by atoms with Crippen LogP contribution in [0.3, 0.4) is 0 Å². The van der Waals surface area contributed by atoms with Gasteiger partial charge in [0.05, 0.1) is 10.5 Å². The lowest BCUT2D eigenvalue weighted by Gasteiger charge is -2.26. The number of nitro benzene ring substituents is 1. The lowest BCUT2D eigenvalue weighted by Crippen LogP contribution is -2.37. The van der Waals surface area contributed by atoms with Crippen molar-refractivity contribution in [1.82, 2.24) is 4.90 Å². The van der Waals surface area contributed by atoms with Crippen LogP contribution in [0.2, 0.25) is 0 Å².